The summed E-state index contributed by atoms with van der Waals surface area (Å²) in [4.78, 5) is 4.22. The number of hydrogen-bond donors (Lipinski definition) is 1. The quantitative estimate of drug-likeness (QED) is 0.921. The zero-order valence-electron chi connectivity index (χ0n) is 9.46. The van der Waals surface area contributed by atoms with Gasteiger partial charge in [-0.25, -0.2) is 4.98 Å². The second-order valence-corrected chi connectivity index (χ2v) is 5.95. The highest BCUT2D eigenvalue weighted by Gasteiger charge is 2.16. The number of ether oxygens (including phenoxy) is 1. The largest absolute Gasteiger partial charge is 0.489 e. The van der Waals surface area contributed by atoms with Crippen LogP contribution in [0.5, 0.6) is 5.75 Å². The van der Waals surface area contributed by atoms with E-state index in [1.54, 1.807) is 6.07 Å². The molecule has 0 saturated carbocycles. The number of nitrogens with zero attached hydrogens (tertiary/aromatic N) is 1. The van der Waals surface area contributed by atoms with E-state index in [0.29, 0.717) is 39.0 Å². The van der Waals surface area contributed by atoms with Crippen LogP contribution in [0.15, 0.2) is 6.07 Å². The Hall–Kier alpha value is -0.710. The first kappa shape index (κ1) is 12.7. The van der Waals surface area contributed by atoms with E-state index in [1.165, 1.54) is 11.3 Å². The molecule has 0 spiro atoms. The summed E-state index contributed by atoms with van der Waals surface area (Å²) in [7, 11) is 0. The molecule has 2 N–H and O–H groups in total. The van der Waals surface area contributed by atoms with Gasteiger partial charge in [-0.15, -0.1) is 0 Å². The maximum atomic E-state index is 6.12. The van der Waals surface area contributed by atoms with Gasteiger partial charge in [-0.3, -0.25) is 0 Å². The van der Waals surface area contributed by atoms with Gasteiger partial charge < -0.3 is 10.5 Å². The highest BCUT2D eigenvalue weighted by Crippen LogP contribution is 2.41. The molecule has 1 aromatic carbocycles. The van der Waals surface area contributed by atoms with Crippen LogP contribution < -0.4 is 10.5 Å². The van der Waals surface area contributed by atoms with Crippen molar-refractivity contribution in [2.45, 2.75) is 13.8 Å². The van der Waals surface area contributed by atoms with Crippen LogP contribution >= 0.6 is 34.5 Å². The number of benzene rings is 1. The molecule has 0 atom stereocenters. The molecule has 0 amide bonds. The molecule has 6 heteroatoms. The summed E-state index contributed by atoms with van der Waals surface area (Å²) in [6.07, 6.45) is 0. The van der Waals surface area contributed by atoms with Crippen molar-refractivity contribution in [1.82, 2.24) is 4.98 Å². The summed E-state index contributed by atoms with van der Waals surface area (Å²) < 4.78 is 6.49. The summed E-state index contributed by atoms with van der Waals surface area (Å²) in [5, 5.41) is 1.48. The van der Waals surface area contributed by atoms with Gasteiger partial charge in [0.15, 0.2) is 10.9 Å². The lowest BCUT2D eigenvalue weighted by atomic mass is 10.2. The molecule has 0 radical (unpaired) electrons. The Morgan fingerprint density at radius 3 is 2.76 bits per heavy atom. The van der Waals surface area contributed by atoms with Crippen LogP contribution in [0.1, 0.15) is 13.8 Å². The van der Waals surface area contributed by atoms with E-state index in [-0.39, 0.29) is 0 Å². The molecule has 1 heterocycles. The molecule has 0 saturated heterocycles. The lowest BCUT2D eigenvalue weighted by Gasteiger charge is -2.11. The molecule has 0 fully saturated rings. The lowest BCUT2D eigenvalue weighted by Crippen LogP contribution is -2.05. The Bertz CT molecular complexity index is 554. The average molecular weight is 291 g/mol. The lowest BCUT2D eigenvalue weighted by molar-refractivity contribution is 0.274. The fraction of sp³-hybridized carbons (Fsp3) is 0.364. The molecule has 17 heavy (non-hydrogen) atoms. The smallest absolute Gasteiger partial charge is 0.181 e. The number of fused-ring (bicyclic) bond motifs is 1. The van der Waals surface area contributed by atoms with E-state index < -0.39 is 0 Å². The Morgan fingerprint density at radius 2 is 2.12 bits per heavy atom. The van der Waals surface area contributed by atoms with E-state index in [0.717, 1.165) is 4.70 Å². The molecular formula is C11H12Cl2N2OS. The number of aromatic nitrogens is 1. The van der Waals surface area contributed by atoms with Crippen molar-refractivity contribution in [2.24, 2.45) is 5.92 Å². The minimum Gasteiger partial charge on any atom is -0.489 e. The number of nitrogen functional groups attached to an aromatic ring is 1. The van der Waals surface area contributed by atoms with Crippen molar-refractivity contribution >= 4 is 49.9 Å². The SMILES string of the molecule is CC(C)COc1c(Cl)cc(Cl)c2sc(N)nc12. The number of nitrogens with two attached hydrogens (primary N) is 1. The molecule has 0 bridgehead atoms. The van der Waals surface area contributed by atoms with E-state index >= 15 is 0 Å². The first-order chi connectivity index (χ1) is 7.99. The van der Waals surface area contributed by atoms with Crippen molar-refractivity contribution < 1.29 is 4.74 Å². The third kappa shape index (κ3) is 2.59. The normalized spacial score (nSPS) is 11.4. The van der Waals surface area contributed by atoms with Crippen molar-refractivity contribution in [2.75, 3.05) is 12.3 Å². The Kier molecular flexibility index (Phi) is 3.66. The zero-order valence-corrected chi connectivity index (χ0v) is 11.8. The molecule has 1 aromatic heterocycles. The maximum Gasteiger partial charge on any atom is 0.181 e. The fourth-order valence-corrected chi connectivity index (χ4v) is 2.76. The van der Waals surface area contributed by atoms with Crippen LogP contribution in [0, 0.1) is 5.92 Å². The number of halogens is 2. The van der Waals surface area contributed by atoms with Gasteiger partial charge in [0.2, 0.25) is 0 Å². The van der Waals surface area contributed by atoms with Crippen LogP contribution in [-0.4, -0.2) is 11.6 Å². The molecule has 92 valence electrons. The molecule has 2 rings (SSSR count). The molecule has 0 aliphatic rings. The third-order valence-corrected chi connectivity index (χ3v) is 3.72. The summed E-state index contributed by atoms with van der Waals surface area (Å²) >= 11 is 13.5. The second-order valence-electron chi connectivity index (χ2n) is 4.10. The monoisotopic (exact) mass is 290 g/mol. The number of thiazole rings is 1. The maximum absolute atomic E-state index is 6.12. The summed E-state index contributed by atoms with van der Waals surface area (Å²) in [5.41, 5.74) is 6.33. The van der Waals surface area contributed by atoms with Crippen molar-refractivity contribution in [3.63, 3.8) is 0 Å². The second kappa shape index (κ2) is 4.88. The zero-order chi connectivity index (χ0) is 12.6. The number of hydrogen-bond acceptors (Lipinski definition) is 4. The Labute approximate surface area is 113 Å². The summed E-state index contributed by atoms with van der Waals surface area (Å²) in [6.45, 7) is 4.71. The van der Waals surface area contributed by atoms with Gasteiger partial charge in [-0.05, 0) is 12.0 Å². The van der Waals surface area contributed by atoms with Gasteiger partial charge in [-0.2, -0.15) is 0 Å². The van der Waals surface area contributed by atoms with Crippen LogP contribution in [0.4, 0.5) is 5.13 Å². The van der Waals surface area contributed by atoms with E-state index in [1.807, 2.05) is 0 Å². The fourth-order valence-electron chi connectivity index (χ4n) is 1.40. The molecular weight excluding hydrogens is 279 g/mol. The highest BCUT2D eigenvalue weighted by molar-refractivity contribution is 7.22. The molecule has 3 nitrogen and oxygen atoms in total. The van der Waals surface area contributed by atoms with Crippen LogP contribution in [0.25, 0.3) is 10.2 Å². The molecule has 0 unspecified atom stereocenters. The van der Waals surface area contributed by atoms with Crippen LogP contribution in [0.2, 0.25) is 10.0 Å². The topological polar surface area (TPSA) is 48.1 Å². The number of rotatable bonds is 3. The predicted molar refractivity (Wildman–Crippen MR) is 74.4 cm³/mol. The molecule has 0 aliphatic carbocycles. The third-order valence-electron chi connectivity index (χ3n) is 2.11. The average Bonchev–Trinajstić information content (AvgIpc) is 2.59. The Morgan fingerprint density at radius 1 is 1.41 bits per heavy atom. The Balaban J connectivity index is 2.52. The van der Waals surface area contributed by atoms with Crippen LogP contribution in [0.3, 0.4) is 0 Å². The van der Waals surface area contributed by atoms with Gasteiger partial charge in [0, 0.05) is 0 Å². The number of anilines is 1. The van der Waals surface area contributed by atoms with Gasteiger partial charge >= 0.3 is 0 Å². The van der Waals surface area contributed by atoms with Crippen LogP contribution in [-0.2, 0) is 0 Å². The first-order valence-corrected chi connectivity index (χ1v) is 6.73. The van der Waals surface area contributed by atoms with Gasteiger partial charge in [-0.1, -0.05) is 48.4 Å². The summed E-state index contributed by atoms with van der Waals surface area (Å²) in [6, 6.07) is 1.67. The van der Waals surface area contributed by atoms with Gasteiger partial charge in [0.25, 0.3) is 0 Å². The van der Waals surface area contributed by atoms with Gasteiger partial charge in [0.05, 0.1) is 21.4 Å². The summed E-state index contributed by atoms with van der Waals surface area (Å²) in [5.74, 6) is 0.973. The van der Waals surface area contributed by atoms with E-state index in [4.69, 9.17) is 33.7 Å². The standard InChI is InChI=1S/C11H12Cl2N2OS/c1-5(2)4-16-9-6(12)3-7(13)10-8(9)15-11(14)17-10/h3,5H,4H2,1-2H3,(H2,14,15). The first-order valence-electron chi connectivity index (χ1n) is 5.16. The van der Waals surface area contributed by atoms with Gasteiger partial charge in [0.1, 0.15) is 5.52 Å². The van der Waals surface area contributed by atoms with E-state index in [2.05, 4.69) is 18.8 Å². The molecule has 2 aromatic rings. The van der Waals surface area contributed by atoms with Crippen molar-refractivity contribution in [3.05, 3.63) is 16.1 Å². The molecule has 0 aliphatic heterocycles. The van der Waals surface area contributed by atoms with Crippen molar-refractivity contribution in [3.8, 4) is 5.75 Å². The highest BCUT2D eigenvalue weighted by atomic mass is 35.5. The predicted octanol–water partition coefficient (Wildman–Crippen LogP) is 4.22. The minimum atomic E-state index is 0.410. The van der Waals surface area contributed by atoms with Crippen molar-refractivity contribution in [1.29, 1.82) is 0 Å². The minimum absolute atomic E-state index is 0.410. The van der Waals surface area contributed by atoms with E-state index in [9.17, 15) is 0 Å².